The highest BCUT2D eigenvalue weighted by molar-refractivity contribution is 5.68. The summed E-state index contributed by atoms with van der Waals surface area (Å²) in [5.41, 5.74) is 1.20. The van der Waals surface area contributed by atoms with Crippen molar-refractivity contribution in [2.24, 2.45) is 0 Å². The zero-order valence-corrected chi connectivity index (χ0v) is 13.1. The fraction of sp³-hybridized carbons (Fsp3) is 0.588. The quantitative estimate of drug-likeness (QED) is 0.836. The molecule has 2 rings (SSSR count). The number of benzene rings is 1. The van der Waals surface area contributed by atoms with E-state index < -0.39 is 0 Å². The van der Waals surface area contributed by atoms with Crippen molar-refractivity contribution in [3.05, 3.63) is 35.9 Å². The fourth-order valence-corrected chi connectivity index (χ4v) is 2.83. The smallest absolute Gasteiger partial charge is 0.410 e. The van der Waals surface area contributed by atoms with Crippen LogP contribution >= 0.6 is 0 Å². The molecule has 4 heteroatoms. The number of likely N-dealkylation sites (tertiary alicyclic amines) is 1. The van der Waals surface area contributed by atoms with E-state index in [1.807, 2.05) is 30.0 Å². The monoisotopic (exact) mass is 290 g/mol. The van der Waals surface area contributed by atoms with E-state index in [0.29, 0.717) is 12.6 Å². The van der Waals surface area contributed by atoms with Gasteiger partial charge in [0.2, 0.25) is 0 Å². The molecule has 21 heavy (non-hydrogen) atoms. The second-order valence-electron chi connectivity index (χ2n) is 5.67. The summed E-state index contributed by atoms with van der Waals surface area (Å²) in [5, 5.41) is 0. The van der Waals surface area contributed by atoms with Crippen molar-refractivity contribution in [2.45, 2.75) is 32.2 Å². The Kier molecular flexibility index (Phi) is 6.05. The lowest BCUT2D eigenvalue weighted by atomic mass is 10.0. The Labute approximate surface area is 127 Å². The Bertz CT molecular complexity index is 428. The van der Waals surface area contributed by atoms with Gasteiger partial charge < -0.3 is 14.5 Å². The van der Waals surface area contributed by atoms with Crippen LogP contribution in [0.15, 0.2) is 30.3 Å². The number of rotatable bonds is 5. The normalized spacial score (nSPS) is 16.7. The van der Waals surface area contributed by atoms with E-state index >= 15 is 0 Å². The molecule has 1 aromatic carbocycles. The first-order valence-electron chi connectivity index (χ1n) is 7.86. The number of hydrogen-bond acceptors (Lipinski definition) is 3. The van der Waals surface area contributed by atoms with Gasteiger partial charge in [-0.1, -0.05) is 30.3 Å². The van der Waals surface area contributed by atoms with Gasteiger partial charge in [-0.25, -0.2) is 4.79 Å². The molecule has 0 N–H and O–H groups in total. The average Bonchev–Trinajstić information content (AvgIpc) is 2.51. The van der Waals surface area contributed by atoms with Crippen molar-refractivity contribution < 1.29 is 9.53 Å². The third-order valence-electron chi connectivity index (χ3n) is 4.16. The number of carbonyl (C=O) groups excluding carboxylic acids is 1. The van der Waals surface area contributed by atoms with Crippen LogP contribution in [0, 0.1) is 0 Å². The van der Waals surface area contributed by atoms with Crippen LogP contribution in [0.5, 0.6) is 0 Å². The predicted octanol–water partition coefficient (Wildman–Crippen LogP) is 2.78. The zero-order valence-electron chi connectivity index (χ0n) is 13.1. The van der Waals surface area contributed by atoms with Gasteiger partial charge in [-0.15, -0.1) is 0 Å². The summed E-state index contributed by atoms with van der Waals surface area (Å²) in [7, 11) is 2.13. The van der Waals surface area contributed by atoms with Gasteiger partial charge in [-0.05, 0) is 45.5 Å². The average molecular weight is 290 g/mol. The Hall–Kier alpha value is -1.55. The molecule has 1 heterocycles. The third kappa shape index (κ3) is 4.74. The van der Waals surface area contributed by atoms with Crippen molar-refractivity contribution in [3.63, 3.8) is 0 Å². The minimum absolute atomic E-state index is 0.164. The highest BCUT2D eigenvalue weighted by Gasteiger charge is 2.26. The van der Waals surface area contributed by atoms with Crippen molar-refractivity contribution in [1.29, 1.82) is 0 Å². The molecule has 0 bridgehead atoms. The summed E-state index contributed by atoms with van der Waals surface area (Å²) in [5.74, 6) is 0. The Balaban J connectivity index is 1.77. The van der Waals surface area contributed by atoms with Crippen molar-refractivity contribution in [1.82, 2.24) is 9.80 Å². The first-order valence-corrected chi connectivity index (χ1v) is 7.86. The van der Waals surface area contributed by atoms with E-state index in [-0.39, 0.29) is 6.09 Å². The minimum Gasteiger partial charge on any atom is -0.449 e. The highest BCUT2D eigenvalue weighted by Crippen LogP contribution is 2.16. The Morgan fingerprint density at radius 2 is 1.95 bits per heavy atom. The molecule has 0 unspecified atom stereocenters. The molecule has 1 aliphatic heterocycles. The SMILES string of the molecule is CCN(C(=O)OCCc1ccccc1)C1CCN(C)CC1. The molecule has 0 spiro atoms. The van der Waals surface area contributed by atoms with Gasteiger partial charge in [0, 0.05) is 19.0 Å². The van der Waals surface area contributed by atoms with Crippen LogP contribution in [-0.4, -0.2) is 55.2 Å². The first kappa shape index (κ1) is 15.8. The predicted molar refractivity (Wildman–Crippen MR) is 84.4 cm³/mol. The summed E-state index contributed by atoms with van der Waals surface area (Å²) in [6.07, 6.45) is 2.69. The van der Waals surface area contributed by atoms with Crippen LogP contribution in [0.2, 0.25) is 0 Å². The highest BCUT2D eigenvalue weighted by atomic mass is 16.6. The molecule has 0 aromatic heterocycles. The summed E-state index contributed by atoms with van der Waals surface area (Å²) in [6.45, 7) is 5.30. The van der Waals surface area contributed by atoms with Crippen LogP contribution in [0.25, 0.3) is 0 Å². The molecule has 0 radical (unpaired) electrons. The Morgan fingerprint density at radius 3 is 2.57 bits per heavy atom. The van der Waals surface area contributed by atoms with Crippen LogP contribution in [0.4, 0.5) is 4.79 Å². The van der Waals surface area contributed by atoms with E-state index in [1.54, 1.807) is 0 Å². The van der Waals surface area contributed by atoms with E-state index in [9.17, 15) is 4.79 Å². The largest absolute Gasteiger partial charge is 0.449 e. The van der Waals surface area contributed by atoms with Crippen molar-refractivity contribution in [2.75, 3.05) is 33.3 Å². The number of carbonyl (C=O) groups is 1. The van der Waals surface area contributed by atoms with E-state index in [0.717, 1.165) is 38.9 Å². The Morgan fingerprint density at radius 1 is 1.29 bits per heavy atom. The van der Waals surface area contributed by atoms with Gasteiger partial charge >= 0.3 is 6.09 Å². The molecule has 0 saturated carbocycles. The van der Waals surface area contributed by atoms with Crippen LogP contribution in [0.3, 0.4) is 0 Å². The van der Waals surface area contributed by atoms with Gasteiger partial charge in [0.15, 0.2) is 0 Å². The maximum Gasteiger partial charge on any atom is 0.410 e. The van der Waals surface area contributed by atoms with Gasteiger partial charge in [0.25, 0.3) is 0 Å². The molecule has 4 nitrogen and oxygen atoms in total. The molecule has 0 aliphatic carbocycles. The van der Waals surface area contributed by atoms with Crippen LogP contribution in [0.1, 0.15) is 25.3 Å². The van der Waals surface area contributed by atoms with E-state index in [2.05, 4.69) is 24.1 Å². The molecule has 1 amide bonds. The molecular weight excluding hydrogens is 264 g/mol. The lowest BCUT2D eigenvalue weighted by molar-refractivity contribution is 0.0718. The number of piperidine rings is 1. The number of hydrogen-bond donors (Lipinski definition) is 0. The van der Waals surface area contributed by atoms with Gasteiger partial charge in [-0.2, -0.15) is 0 Å². The minimum atomic E-state index is -0.164. The number of ether oxygens (including phenoxy) is 1. The van der Waals surface area contributed by atoms with Crippen LogP contribution < -0.4 is 0 Å². The second kappa shape index (κ2) is 8.03. The lowest BCUT2D eigenvalue weighted by Crippen LogP contribution is -2.46. The third-order valence-corrected chi connectivity index (χ3v) is 4.16. The first-order chi connectivity index (χ1) is 10.2. The molecule has 0 atom stereocenters. The van der Waals surface area contributed by atoms with Gasteiger partial charge in [0.1, 0.15) is 0 Å². The zero-order chi connectivity index (χ0) is 15.1. The number of amides is 1. The maximum absolute atomic E-state index is 12.2. The second-order valence-corrected chi connectivity index (χ2v) is 5.67. The lowest BCUT2D eigenvalue weighted by Gasteiger charge is -2.36. The van der Waals surface area contributed by atoms with Gasteiger partial charge in [0.05, 0.1) is 6.61 Å². The topological polar surface area (TPSA) is 32.8 Å². The van der Waals surface area contributed by atoms with Crippen molar-refractivity contribution >= 4 is 6.09 Å². The number of nitrogens with zero attached hydrogens (tertiary/aromatic N) is 2. The van der Waals surface area contributed by atoms with E-state index in [4.69, 9.17) is 4.74 Å². The standard InChI is InChI=1S/C17H26N2O2/c1-3-19(16-9-12-18(2)13-10-16)17(20)21-14-11-15-7-5-4-6-8-15/h4-8,16H,3,9-14H2,1-2H3. The van der Waals surface area contributed by atoms with E-state index in [1.165, 1.54) is 5.56 Å². The maximum atomic E-state index is 12.2. The molecular formula is C17H26N2O2. The van der Waals surface area contributed by atoms with Crippen molar-refractivity contribution in [3.8, 4) is 0 Å². The molecule has 1 aromatic rings. The summed E-state index contributed by atoms with van der Waals surface area (Å²) in [4.78, 5) is 16.4. The van der Waals surface area contributed by atoms with Gasteiger partial charge in [-0.3, -0.25) is 0 Å². The summed E-state index contributed by atoms with van der Waals surface area (Å²) < 4.78 is 5.45. The van der Waals surface area contributed by atoms with Crippen LogP contribution in [-0.2, 0) is 11.2 Å². The summed E-state index contributed by atoms with van der Waals surface area (Å²) >= 11 is 0. The molecule has 1 fully saturated rings. The summed E-state index contributed by atoms with van der Waals surface area (Å²) in [6, 6.07) is 10.5. The molecule has 1 aliphatic rings. The fourth-order valence-electron chi connectivity index (χ4n) is 2.83. The molecule has 116 valence electrons. The molecule has 1 saturated heterocycles.